The van der Waals surface area contributed by atoms with Crippen molar-refractivity contribution in [1.29, 1.82) is 0 Å². The summed E-state index contributed by atoms with van der Waals surface area (Å²) in [4.78, 5) is 12.4. The number of benzene rings is 1. The van der Waals surface area contributed by atoms with Crippen LogP contribution in [0.4, 0.5) is 5.82 Å². The lowest BCUT2D eigenvalue weighted by atomic mass is 10.0. The highest BCUT2D eigenvalue weighted by atomic mass is 16.5. The van der Waals surface area contributed by atoms with E-state index < -0.39 is 0 Å². The third-order valence-electron chi connectivity index (χ3n) is 4.27. The standard InChI is InChI=1S/C17H21N3O2/c1-20-16(11-14(19-20)12-7-3-4-8-12)18-17(21)13-9-5-6-10-15(13)22-2/h5-6,9-12H,3-4,7-8H2,1-2H3,(H,18,21). The smallest absolute Gasteiger partial charge is 0.260 e. The minimum atomic E-state index is -0.182. The summed E-state index contributed by atoms with van der Waals surface area (Å²) in [7, 11) is 3.42. The molecule has 5 heteroatoms. The molecular formula is C17H21N3O2. The molecule has 0 spiro atoms. The van der Waals surface area contributed by atoms with E-state index in [9.17, 15) is 4.79 Å². The third kappa shape index (κ3) is 2.84. The molecule has 22 heavy (non-hydrogen) atoms. The van der Waals surface area contributed by atoms with Gasteiger partial charge in [0.25, 0.3) is 5.91 Å². The number of carbonyl (C=O) groups excluding carboxylic acids is 1. The number of hydrogen-bond acceptors (Lipinski definition) is 3. The highest BCUT2D eigenvalue weighted by Crippen LogP contribution is 2.34. The second-order valence-electron chi connectivity index (χ2n) is 5.71. The van der Waals surface area contributed by atoms with E-state index >= 15 is 0 Å². The van der Waals surface area contributed by atoms with Crippen molar-refractivity contribution in [2.24, 2.45) is 7.05 Å². The summed E-state index contributed by atoms with van der Waals surface area (Å²) in [6.45, 7) is 0. The van der Waals surface area contributed by atoms with Crippen molar-refractivity contribution in [3.05, 3.63) is 41.6 Å². The number of hydrogen-bond donors (Lipinski definition) is 1. The van der Waals surface area contributed by atoms with Crippen LogP contribution in [0.5, 0.6) is 5.75 Å². The molecule has 1 amide bonds. The van der Waals surface area contributed by atoms with E-state index in [1.807, 2.05) is 25.2 Å². The molecule has 0 radical (unpaired) electrons. The van der Waals surface area contributed by atoms with Gasteiger partial charge in [0.1, 0.15) is 11.6 Å². The molecule has 0 saturated heterocycles. The number of ether oxygens (including phenoxy) is 1. The first-order valence-corrected chi connectivity index (χ1v) is 7.67. The van der Waals surface area contributed by atoms with Gasteiger partial charge in [0.2, 0.25) is 0 Å². The minimum Gasteiger partial charge on any atom is -0.496 e. The van der Waals surface area contributed by atoms with E-state index in [4.69, 9.17) is 4.74 Å². The maximum atomic E-state index is 12.4. The number of aryl methyl sites for hydroxylation is 1. The fourth-order valence-corrected chi connectivity index (χ4v) is 3.04. The summed E-state index contributed by atoms with van der Waals surface area (Å²) in [6.07, 6.45) is 4.92. The van der Waals surface area contributed by atoms with Gasteiger partial charge < -0.3 is 10.1 Å². The van der Waals surface area contributed by atoms with Gasteiger partial charge in [-0.05, 0) is 25.0 Å². The van der Waals surface area contributed by atoms with Gasteiger partial charge in [-0.25, -0.2) is 0 Å². The molecule has 3 rings (SSSR count). The molecule has 1 aromatic carbocycles. The van der Waals surface area contributed by atoms with Gasteiger partial charge in [-0.3, -0.25) is 9.48 Å². The van der Waals surface area contributed by atoms with Gasteiger partial charge >= 0.3 is 0 Å². The second kappa shape index (κ2) is 6.22. The quantitative estimate of drug-likeness (QED) is 0.942. The molecule has 0 bridgehead atoms. The van der Waals surface area contributed by atoms with E-state index in [1.54, 1.807) is 23.9 Å². The molecule has 1 saturated carbocycles. The highest BCUT2D eigenvalue weighted by Gasteiger charge is 2.21. The minimum absolute atomic E-state index is 0.182. The third-order valence-corrected chi connectivity index (χ3v) is 4.27. The monoisotopic (exact) mass is 299 g/mol. The van der Waals surface area contributed by atoms with Gasteiger partial charge in [-0.1, -0.05) is 25.0 Å². The Kier molecular flexibility index (Phi) is 4.13. The lowest BCUT2D eigenvalue weighted by molar-refractivity contribution is 0.102. The first-order valence-electron chi connectivity index (χ1n) is 7.67. The zero-order chi connectivity index (χ0) is 15.5. The predicted octanol–water partition coefficient (Wildman–Crippen LogP) is 3.34. The summed E-state index contributed by atoms with van der Waals surface area (Å²) in [5.41, 5.74) is 1.60. The van der Waals surface area contributed by atoms with Crippen LogP contribution in [0.25, 0.3) is 0 Å². The van der Waals surface area contributed by atoms with E-state index in [2.05, 4.69) is 10.4 Å². The Morgan fingerprint density at radius 3 is 2.77 bits per heavy atom. The fourth-order valence-electron chi connectivity index (χ4n) is 3.04. The number of nitrogens with one attached hydrogen (secondary N) is 1. The Morgan fingerprint density at radius 2 is 2.05 bits per heavy atom. The maximum Gasteiger partial charge on any atom is 0.260 e. The van der Waals surface area contributed by atoms with Crippen molar-refractivity contribution in [2.45, 2.75) is 31.6 Å². The molecule has 5 nitrogen and oxygen atoms in total. The van der Waals surface area contributed by atoms with E-state index in [1.165, 1.54) is 25.7 Å². The van der Waals surface area contributed by atoms with Crippen LogP contribution in [0.2, 0.25) is 0 Å². The van der Waals surface area contributed by atoms with E-state index in [-0.39, 0.29) is 5.91 Å². The molecule has 2 aromatic rings. The number of nitrogens with zero attached hydrogens (tertiary/aromatic N) is 2. The first kappa shape index (κ1) is 14.6. The number of aromatic nitrogens is 2. The molecule has 0 atom stereocenters. The SMILES string of the molecule is COc1ccccc1C(=O)Nc1cc(C2CCCC2)nn1C. The van der Waals surface area contributed by atoms with Gasteiger partial charge in [-0.2, -0.15) is 5.10 Å². The summed E-state index contributed by atoms with van der Waals surface area (Å²) in [5.74, 6) is 1.64. The van der Waals surface area contributed by atoms with Crippen LogP contribution in [0.3, 0.4) is 0 Å². The van der Waals surface area contributed by atoms with Gasteiger partial charge in [0, 0.05) is 19.0 Å². The Morgan fingerprint density at radius 1 is 1.32 bits per heavy atom. The predicted molar refractivity (Wildman–Crippen MR) is 85.4 cm³/mol. The fraction of sp³-hybridized carbons (Fsp3) is 0.412. The largest absolute Gasteiger partial charge is 0.496 e. The molecule has 116 valence electrons. The van der Waals surface area contributed by atoms with E-state index in [0.717, 1.165) is 11.5 Å². The number of carbonyl (C=O) groups is 1. The van der Waals surface area contributed by atoms with Crippen LogP contribution < -0.4 is 10.1 Å². The van der Waals surface area contributed by atoms with Crippen molar-refractivity contribution in [3.63, 3.8) is 0 Å². The van der Waals surface area contributed by atoms with Crippen LogP contribution in [0.1, 0.15) is 47.7 Å². The first-order chi connectivity index (χ1) is 10.7. The molecular weight excluding hydrogens is 278 g/mol. The molecule has 0 unspecified atom stereocenters. The van der Waals surface area contributed by atoms with Crippen molar-refractivity contribution >= 4 is 11.7 Å². The summed E-state index contributed by atoms with van der Waals surface area (Å²) in [6, 6.07) is 9.19. The van der Waals surface area contributed by atoms with Gasteiger partial charge in [0.05, 0.1) is 18.4 Å². The zero-order valence-electron chi connectivity index (χ0n) is 13.0. The number of para-hydroxylation sites is 1. The zero-order valence-corrected chi connectivity index (χ0v) is 13.0. The Hall–Kier alpha value is -2.30. The van der Waals surface area contributed by atoms with Crippen molar-refractivity contribution < 1.29 is 9.53 Å². The summed E-state index contributed by atoms with van der Waals surface area (Å²) >= 11 is 0. The van der Waals surface area contributed by atoms with Crippen LogP contribution in [-0.2, 0) is 7.05 Å². The lowest BCUT2D eigenvalue weighted by Crippen LogP contribution is -2.15. The average Bonchev–Trinajstić information content (AvgIpc) is 3.17. The normalized spacial score (nSPS) is 15.0. The Bertz CT molecular complexity index is 672. The number of anilines is 1. The van der Waals surface area contributed by atoms with Crippen LogP contribution >= 0.6 is 0 Å². The van der Waals surface area contributed by atoms with Gasteiger partial charge in [0.15, 0.2) is 0 Å². The van der Waals surface area contributed by atoms with E-state index in [0.29, 0.717) is 17.2 Å². The topological polar surface area (TPSA) is 56.1 Å². The van der Waals surface area contributed by atoms with Crippen molar-refractivity contribution in [1.82, 2.24) is 9.78 Å². The number of methoxy groups -OCH3 is 1. The van der Waals surface area contributed by atoms with Crippen molar-refractivity contribution in [2.75, 3.05) is 12.4 Å². The number of rotatable bonds is 4. The average molecular weight is 299 g/mol. The molecule has 1 aromatic heterocycles. The van der Waals surface area contributed by atoms with Crippen LogP contribution in [-0.4, -0.2) is 22.8 Å². The maximum absolute atomic E-state index is 12.4. The lowest BCUT2D eigenvalue weighted by Gasteiger charge is -2.08. The molecule has 1 aliphatic rings. The highest BCUT2D eigenvalue weighted by molar-refractivity contribution is 6.05. The Balaban J connectivity index is 1.79. The molecule has 1 heterocycles. The molecule has 1 aliphatic carbocycles. The number of amides is 1. The summed E-state index contributed by atoms with van der Waals surface area (Å²) in [5, 5.41) is 7.48. The van der Waals surface area contributed by atoms with Gasteiger partial charge in [-0.15, -0.1) is 0 Å². The molecule has 1 N–H and O–H groups in total. The Labute approximate surface area is 130 Å². The molecule has 0 aliphatic heterocycles. The second-order valence-corrected chi connectivity index (χ2v) is 5.71. The molecule has 1 fully saturated rings. The summed E-state index contributed by atoms with van der Waals surface area (Å²) < 4.78 is 6.97. The van der Waals surface area contributed by atoms with Crippen LogP contribution in [0.15, 0.2) is 30.3 Å². The van der Waals surface area contributed by atoms with Crippen LogP contribution in [0, 0.1) is 0 Å². The van der Waals surface area contributed by atoms with Crippen molar-refractivity contribution in [3.8, 4) is 5.75 Å².